The van der Waals surface area contributed by atoms with Crippen molar-refractivity contribution in [2.45, 2.75) is 176 Å². The fourth-order valence-corrected chi connectivity index (χ4v) is 26.3. The zero-order valence-electron chi connectivity index (χ0n) is 33.0. The topological polar surface area (TPSA) is 90.2 Å². The molecule has 0 rings (SSSR count). The van der Waals surface area contributed by atoms with Crippen molar-refractivity contribution in [1.29, 1.82) is 0 Å². The van der Waals surface area contributed by atoms with Gasteiger partial charge in [0.1, 0.15) is 0 Å². The third-order valence-electron chi connectivity index (χ3n) is 8.04. The van der Waals surface area contributed by atoms with Crippen LogP contribution in [-0.4, -0.2) is 69.1 Å². The number of hydrogen-bond donors (Lipinski definition) is 4. The van der Waals surface area contributed by atoms with Crippen LogP contribution in [0.4, 0.5) is 0 Å². The zero-order chi connectivity index (χ0) is 35.5. The predicted octanol–water partition coefficient (Wildman–Crippen LogP) is 10.2. The summed E-state index contributed by atoms with van der Waals surface area (Å²) in [5.74, 6) is 3.72. The second kappa shape index (κ2) is 19.3. The van der Waals surface area contributed by atoms with E-state index in [9.17, 15) is 19.2 Å². The highest BCUT2D eigenvalue weighted by molar-refractivity contribution is 6.85. The number of rotatable bonds is 20. The summed E-state index contributed by atoms with van der Waals surface area (Å²) >= 11 is 0. The van der Waals surface area contributed by atoms with Crippen LogP contribution in [0, 0.1) is 35.5 Å². The van der Waals surface area contributed by atoms with E-state index in [2.05, 4.69) is 93.9 Å². The summed E-state index contributed by atoms with van der Waals surface area (Å²) in [6, 6.07) is 6.40. The molecule has 0 aromatic rings. The smallest absolute Gasteiger partial charge is 0.182 e. The highest BCUT2D eigenvalue weighted by atomic mass is 28.4. The van der Waals surface area contributed by atoms with Crippen molar-refractivity contribution in [3.63, 3.8) is 0 Å². The summed E-state index contributed by atoms with van der Waals surface area (Å²) in [5.41, 5.74) is 0. The fraction of sp³-hybridized carbons (Fsp3) is 1.00. The van der Waals surface area contributed by atoms with E-state index in [0.717, 1.165) is 30.6 Å². The Bertz CT molecular complexity index is 707. The van der Waals surface area contributed by atoms with Crippen LogP contribution in [0.5, 0.6) is 0 Å². The minimum absolute atomic E-state index is 0.586. The molecule has 0 bridgehead atoms. The van der Waals surface area contributed by atoms with Gasteiger partial charge < -0.3 is 23.3 Å². The molecule has 0 amide bonds. The molecule has 0 fully saturated rings. The van der Waals surface area contributed by atoms with E-state index in [1.54, 1.807) is 0 Å². The van der Waals surface area contributed by atoms with Gasteiger partial charge in [-0.1, -0.05) is 41.5 Å². The number of hydrogen-bond acceptors (Lipinski definition) is 5. The molecule has 4 N–H and O–H groups in total. The summed E-state index contributed by atoms with van der Waals surface area (Å²) in [5, 5.41) is 0. The molecule has 0 aliphatic heterocycles. The summed E-state index contributed by atoms with van der Waals surface area (Å²) in [7, 11) is -11.1. The standard InChI is InChI=1S/C22H54O3Si4.C11H28O2Si2/c1-19(15-26(5,6)23)13-21(3)17-28(9,10)25-29(11,12)18-22(4)14-20(2)16-27(7,8)24;1-10(8-14(3,4)12)7-11(2)9-15(5,6)13/h19-24H,13-18H2,1-12H3;10-13H,7-9H2,1-6H3. The molecule has 0 aromatic heterocycles. The molecule has 44 heavy (non-hydrogen) atoms. The normalized spacial score (nSPS) is 18.1. The summed E-state index contributed by atoms with van der Waals surface area (Å²) in [4.78, 5) is 40.1. The summed E-state index contributed by atoms with van der Waals surface area (Å²) in [6.45, 7) is 39.6. The highest BCUT2D eigenvalue weighted by Gasteiger charge is 2.36. The molecule has 11 heteroatoms. The molecule has 268 valence electrons. The average molecular weight is 728 g/mol. The lowest BCUT2D eigenvalue weighted by atomic mass is 10.0. The zero-order valence-corrected chi connectivity index (χ0v) is 39.0. The van der Waals surface area contributed by atoms with Crippen LogP contribution in [0.2, 0.25) is 115 Å². The average Bonchev–Trinajstić information content (AvgIpc) is 2.58. The first-order valence-corrected chi connectivity index (χ1v) is 36.6. The van der Waals surface area contributed by atoms with E-state index in [0.29, 0.717) is 35.5 Å². The van der Waals surface area contributed by atoms with Crippen molar-refractivity contribution in [2.75, 3.05) is 0 Å². The predicted molar refractivity (Wildman–Crippen MR) is 213 cm³/mol. The molecule has 5 nitrogen and oxygen atoms in total. The maximum absolute atomic E-state index is 10.2. The van der Waals surface area contributed by atoms with Crippen molar-refractivity contribution in [3.05, 3.63) is 0 Å². The van der Waals surface area contributed by atoms with E-state index in [1.807, 2.05) is 26.2 Å². The molecule has 0 aliphatic rings. The van der Waals surface area contributed by atoms with Crippen molar-refractivity contribution < 1.29 is 23.3 Å². The van der Waals surface area contributed by atoms with Gasteiger partial charge in [0, 0.05) is 0 Å². The molecule has 0 aliphatic carbocycles. The molecule has 0 spiro atoms. The fourth-order valence-electron chi connectivity index (χ4n) is 8.48. The lowest BCUT2D eigenvalue weighted by Crippen LogP contribution is -2.46. The molecule has 6 atom stereocenters. The van der Waals surface area contributed by atoms with Crippen LogP contribution >= 0.6 is 0 Å². The van der Waals surface area contributed by atoms with Crippen LogP contribution < -0.4 is 0 Å². The molecule has 0 radical (unpaired) electrons. The van der Waals surface area contributed by atoms with E-state index in [1.165, 1.54) is 24.9 Å². The van der Waals surface area contributed by atoms with Crippen molar-refractivity contribution in [2.24, 2.45) is 35.5 Å². The van der Waals surface area contributed by atoms with E-state index >= 15 is 0 Å². The first kappa shape index (κ1) is 47.2. The third kappa shape index (κ3) is 31.7. The molecular formula is C33H82O5Si6. The first-order valence-electron chi connectivity index (χ1n) is 17.8. The van der Waals surface area contributed by atoms with Gasteiger partial charge in [0.25, 0.3) is 0 Å². The van der Waals surface area contributed by atoms with Gasteiger partial charge in [0.05, 0.1) is 0 Å². The van der Waals surface area contributed by atoms with Crippen molar-refractivity contribution in [1.82, 2.24) is 0 Å². The SMILES string of the molecule is CC(CC(C)C[Si](C)(C)O)C[Si](C)(C)O.CC(CC(C)C[Si](C)(C)O[Si](C)(C)CC(C)CC(C)C[Si](C)(C)O)C[Si](C)(C)O. The molecule has 0 saturated carbocycles. The van der Waals surface area contributed by atoms with Gasteiger partial charge in [-0.05, 0) is 170 Å². The van der Waals surface area contributed by atoms with E-state index in [4.69, 9.17) is 4.12 Å². The van der Waals surface area contributed by atoms with Gasteiger partial charge in [-0.2, -0.15) is 0 Å². The van der Waals surface area contributed by atoms with Crippen LogP contribution in [0.3, 0.4) is 0 Å². The van der Waals surface area contributed by atoms with Crippen LogP contribution in [0.15, 0.2) is 0 Å². The maximum Gasteiger partial charge on any atom is 0.182 e. The molecular weight excluding hydrogens is 645 g/mol. The quantitative estimate of drug-likeness (QED) is 0.0938. The summed E-state index contributed by atoms with van der Waals surface area (Å²) in [6.07, 6.45) is 3.54. The second-order valence-corrected chi connectivity index (χ2v) is 44.2. The Hall–Kier alpha value is 1.10. The van der Waals surface area contributed by atoms with Crippen LogP contribution in [-0.2, 0) is 4.12 Å². The highest BCUT2D eigenvalue weighted by Crippen LogP contribution is 2.33. The van der Waals surface area contributed by atoms with E-state index < -0.39 is 49.9 Å². The van der Waals surface area contributed by atoms with Crippen LogP contribution in [0.25, 0.3) is 0 Å². The van der Waals surface area contributed by atoms with Gasteiger partial charge >= 0.3 is 0 Å². The third-order valence-corrected chi connectivity index (χ3v) is 22.6. The van der Waals surface area contributed by atoms with Crippen molar-refractivity contribution in [3.8, 4) is 0 Å². The van der Waals surface area contributed by atoms with Gasteiger partial charge in [0.2, 0.25) is 0 Å². The molecule has 0 heterocycles. The van der Waals surface area contributed by atoms with E-state index in [-0.39, 0.29) is 0 Å². The Balaban J connectivity index is 0. The van der Waals surface area contributed by atoms with Crippen LogP contribution in [0.1, 0.15) is 60.8 Å². The second-order valence-electron chi connectivity index (χ2n) is 19.4. The summed E-state index contributed by atoms with van der Waals surface area (Å²) < 4.78 is 6.93. The minimum Gasteiger partial charge on any atom is -0.455 e. The molecule has 0 aromatic carbocycles. The Morgan fingerprint density at radius 1 is 0.341 bits per heavy atom. The van der Waals surface area contributed by atoms with Gasteiger partial charge in [-0.25, -0.2) is 0 Å². The Morgan fingerprint density at radius 3 is 0.659 bits per heavy atom. The van der Waals surface area contributed by atoms with Gasteiger partial charge in [0.15, 0.2) is 49.9 Å². The largest absolute Gasteiger partial charge is 0.455 e. The van der Waals surface area contributed by atoms with Crippen molar-refractivity contribution >= 4 is 49.9 Å². The minimum atomic E-state index is -1.96. The monoisotopic (exact) mass is 726 g/mol. The molecule has 6 unspecified atom stereocenters. The van der Waals surface area contributed by atoms with Gasteiger partial charge in [-0.15, -0.1) is 0 Å². The Kier molecular flexibility index (Phi) is 20.7. The Labute approximate surface area is 283 Å². The first-order chi connectivity index (χ1) is 19.2. The maximum atomic E-state index is 10.2. The lowest BCUT2D eigenvalue weighted by Gasteiger charge is -2.37. The molecule has 0 saturated heterocycles. The van der Waals surface area contributed by atoms with Gasteiger partial charge in [-0.3, -0.25) is 0 Å². The lowest BCUT2D eigenvalue weighted by molar-refractivity contribution is 0.413. The Morgan fingerprint density at radius 2 is 0.500 bits per heavy atom.